The van der Waals surface area contributed by atoms with Crippen molar-refractivity contribution in [3.63, 3.8) is 0 Å². The van der Waals surface area contributed by atoms with E-state index in [9.17, 15) is 20.2 Å². The van der Waals surface area contributed by atoms with Gasteiger partial charge in [0, 0.05) is 17.5 Å². The second kappa shape index (κ2) is 4.22. The largest absolute Gasteiger partial charge is 0.279 e. The van der Waals surface area contributed by atoms with Gasteiger partial charge in [0.05, 0.1) is 15.9 Å². The third-order valence-electron chi connectivity index (χ3n) is 2.02. The van der Waals surface area contributed by atoms with Crippen molar-refractivity contribution in [3.05, 3.63) is 43.5 Å². The Hall–Kier alpha value is -1.69. The van der Waals surface area contributed by atoms with Crippen LogP contribution in [0.1, 0.15) is 11.1 Å². The summed E-state index contributed by atoms with van der Waals surface area (Å²) in [5.74, 6) is 0.00829. The SMILES string of the molecule is Cc1c(CCl)cc([N+](=O)[O-])cc1[N+](=O)[O-]. The molecule has 1 aromatic carbocycles. The van der Waals surface area contributed by atoms with E-state index in [0.717, 1.165) is 6.07 Å². The molecule has 0 saturated heterocycles. The third kappa shape index (κ3) is 2.21. The van der Waals surface area contributed by atoms with Crippen LogP contribution in [-0.4, -0.2) is 9.85 Å². The molecule has 1 aromatic rings. The first kappa shape index (κ1) is 11.4. The zero-order chi connectivity index (χ0) is 11.6. The Morgan fingerprint density at radius 3 is 2.27 bits per heavy atom. The van der Waals surface area contributed by atoms with E-state index in [4.69, 9.17) is 11.6 Å². The summed E-state index contributed by atoms with van der Waals surface area (Å²) in [6.07, 6.45) is 0. The number of alkyl halides is 1. The maximum atomic E-state index is 10.6. The van der Waals surface area contributed by atoms with Crippen molar-refractivity contribution in [2.24, 2.45) is 0 Å². The van der Waals surface area contributed by atoms with Crippen molar-refractivity contribution in [3.8, 4) is 0 Å². The van der Waals surface area contributed by atoms with Gasteiger partial charge in [-0.25, -0.2) is 0 Å². The van der Waals surface area contributed by atoms with Gasteiger partial charge in [0.25, 0.3) is 11.4 Å². The number of non-ortho nitro benzene ring substituents is 1. The fourth-order valence-corrected chi connectivity index (χ4v) is 1.45. The summed E-state index contributed by atoms with van der Waals surface area (Å²) in [5.41, 5.74) is 0.168. The molecule has 0 aliphatic carbocycles. The summed E-state index contributed by atoms with van der Waals surface area (Å²) < 4.78 is 0. The molecule has 80 valence electrons. The molecule has 0 fully saturated rings. The van der Waals surface area contributed by atoms with Gasteiger partial charge in [-0.15, -0.1) is 11.6 Å². The van der Waals surface area contributed by atoms with Gasteiger partial charge in [-0.2, -0.15) is 0 Å². The normalized spacial score (nSPS) is 10.0. The van der Waals surface area contributed by atoms with Gasteiger partial charge in [0.2, 0.25) is 0 Å². The van der Waals surface area contributed by atoms with Crippen molar-refractivity contribution in [2.75, 3.05) is 0 Å². The van der Waals surface area contributed by atoms with Crippen molar-refractivity contribution >= 4 is 23.0 Å². The van der Waals surface area contributed by atoms with Crippen LogP contribution >= 0.6 is 11.6 Å². The highest BCUT2D eigenvalue weighted by molar-refractivity contribution is 6.17. The lowest BCUT2D eigenvalue weighted by Gasteiger charge is -2.02. The van der Waals surface area contributed by atoms with E-state index >= 15 is 0 Å². The standard InChI is InChI=1S/C8H7ClN2O4/c1-5-6(4-9)2-7(10(12)13)3-8(5)11(14)15/h2-3H,4H2,1H3. The minimum absolute atomic E-state index is 0.00829. The Bertz CT molecular complexity index is 433. The molecule has 1 rings (SSSR count). The number of benzene rings is 1. The van der Waals surface area contributed by atoms with Crippen molar-refractivity contribution in [2.45, 2.75) is 12.8 Å². The molecule has 0 bridgehead atoms. The monoisotopic (exact) mass is 230 g/mol. The van der Waals surface area contributed by atoms with E-state index in [1.807, 2.05) is 0 Å². The molecule has 0 atom stereocenters. The second-order valence-corrected chi connectivity index (χ2v) is 3.16. The molecule has 0 heterocycles. The lowest BCUT2D eigenvalue weighted by Crippen LogP contribution is -1.98. The number of nitro benzene ring substituents is 2. The number of halogens is 1. The van der Waals surface area contributed by atoms with Crippen LogP contribution < -0.4 is 0 Å². The number of nitro groups is 2. The minimum Gasteiger partial charge on any atom is -0.258 e. The summed E-state index contributed by atoms with van der Waals surface area (Å²) in [7, 11) is 0. The van der Waals surface area contributed by atoms with E-state index in [0.29, 0.717) is 11.1 Å². The number of nitrogens with zero attached hydrogens (tertiary/aromatic N) is 2. The lowest BCUT2D eigenvalue weighted by atomic mass is 10.1. The Morgan fingerprint density at radius 2 is 1.87 bits per heavy atom. The molecule has 6 nitrogen and oxygen atoms in total. The number of hydrogen-bond donors (Lipinski definition) is 0. The molecule has 7 heteroatoms. The Labute approximate surface area is 89.8 Å². The van der Waals surface area contributed by atoms with Gasteiger partial charge in [-0.3, -0.25) is 20.2 Å². The molecule has 0 spiro atoms. The van der Waals surface area contributed by atoms with Crippen LogP contribution in [0.5, 0.6) is 0 Å². The predicted octanol–water partition coefficient (Wildman–Crippen LogP) is 2.55. The average Bonchev–Trinajstić information content (AvgIpc) is 2.17. The van der Waals surface area contributed by atoms with Gasteiger partial charge < -0.3 is 0 Å². The van der Waals surface area contributed by atoms with Gasteiger partial charge in [-0.1, -0.05) is 0 Å². The predicted molar refractivity (Wildman–Crippen MR) is 54.0 cm³/mol. The first-order valence-corrected chi connectivity index (χ1v) is 4.49. The van der Waals surface area contributed by atoms with E-state index < -0.39 is 9.85 Å². The molecule has 15 heavy (non-hydrogen) atoms. The average molecular weight is 231 g/mol. The molecular weight excluding hydrogens is 224 g/mol. The highest BCUT2D eigenvalue weighted by Gasteiger charge is 2.20. The van der Waals surface area contributed by atoms with Crippen LogP contribution in [0.15, 0.2) is 12.1 Å². The molecule has 0 aromatic heterocycles. The van der Waals surface area contributed by atoms with Crippen LogP contribution in [0, 0.1) is 27.2 Å². The molecule has 0 aliphatic heterocycles. The zero-order valence-corrected chi connectivity index (χ0v) is 8.52. The molecule has 0 aliphatic rings. The second-order valence-electron chi connectivity index (χ2n) is 2.90. The zero-order valence-electron chi connectivity index (χ0n) is 7.77. The highest BCUT2D eigenvalue weighted by Crippen LogP contribution is 2.28. The molecule has 0 saturated carbocycles. The van der Waals surface area contributed by atoms with Gasteiger partial charge in [-0.05, 0) is 12.5 Å². The van der Waals surface area contributed by atoms with Crippen LogP contribution in [0.25, 0.3) is 0 Å². The van der Waals surface area contributed by atoms with Crippen molar-refractivity contribution < 1.29 is 9.85 Å². The molecule has 0 radical (unpaired) electrons. The van der Waals surface area contributed by atoms with E-state index in [-0.39, 0.29) is 17.3 Å². The highest BCUT2D eigenvalue weighted by atomic mass is 35.5. The van der Waals surface area contributed by atoms with Crippen molar-refractivity contribution in [1.82, 2.24) is 0 Å². The minimum atomic E-state index is -0.678. The topological polar surface area (TPSA) is 86.3 Å². The fourth-order valence-electron chi connectivity index (χ4n) is 1.18. The molecule has 0 amide bonds. The molecular formula is C8H7ClN2O4. The molecule has 0 unspecified atom stereocenters. The first-order valence-electron chi connectivity index (χ1n) is 3.95. The Kier molecular flexibility index (Phi) is 3.21. The van der Waals surface area contributed by atoms with E-state index in [2.05, 4.69) is 0 Å². The summed E-state index contributed by atoms with van der Waals surface area (Å²) in [4.78, 5) is 19.8. The maximum Gasteiger partial charge on any atom is 0.279 e. The lowest BCUT2D eigenvalue weighted by molar-refractivity contribution is -0.394. The van der Waals surface area contributed by atoms with E-state index in [1.54, 1.807) is 0 Å². The van der Waals surface area contributed by atoms with Gasteiger partial charge in [0.1, 0.15) is 0 Å². The van der Waals surface area contributed by atoms with Gasteiger partial charge >= 0.3 is 0 Å². The smallest absolute Gasteiger partial charge is 0.258 e. The molecule has 0 N–H and O–H groups in total. The number of rotatable bonds is 3. The first-order chi connectivity index (χ1) is 6.97. The van der Waals surface area contributed by atoms with E-state index in [1.165, 1.54) is 13.0 Å². The fraction of sp³-hybridized carbons (Fsp3) is 0.250. The number of hydrogen-bond acceptors (Lipinski definition) is 4. The summed E-state index contributed by atoms with van der Waals surface area (Å²) in [6.45, 7) is 1.51. The van der Waals surface area contributed by atoms with Crippen molar-refractivity contribution in [1.29, 1.82) is 0 Å². The third-order valence-corrected chi connectivity index (χ3v) is 2.31. The van der Waals surface area contributed by atoms with Crippen LogP contribution in [-0.2, 0) is 5.88 Å². The van der Waals surface area contributed by atoms with Crippen LogP contribution in [0.4, 0.5) is 11.4 Å². The van der Waals surface area contributed by atoms with Crippen LogP contribution in [0.2, 0.25) is 0 Å². The van der Waals surface area contributed by atoms with Gasteiger partial charge in [0.15, 0.2) is 0 Å². The quantitative estimate of drug-likeness (QED) is 0.454. The Morgan fingerprint density at radius 1 is 1.27 bits per heavy atom. The summed E-state index contributed by atoms with van der Waals surface area (Å²) in [5, 5.41) is 21.1. The van der Waals surface area contributed by atoms with Crippen LogP contribution in [0.3, 0.4) is 0 Å². The Balaban J connectivity index is 3.45. The summed E-state index contributed by atoms with van der Waals surface area (Å²) >= 11 is 5.54. The maximum absolute atomic E-state index is 10.6. The summed E-state index contributed by atoms with van der Waals surface area (Å²) in [6, 6.07) is 2.18.